The fourth-order valence-electron chi connectivity index (χ4n) is 2.31. The normalized spacial score (nSPS) is 13.7. The maximum Gasteiger partial charge on any atom is 0.339 e. The summed E-state index contributed by atoms with van der Waals surface area (Å²) in [5.74, 6) is -0.455. The molecule has 3 rings (SSSR count). The fourth-order valence-corrected chi connectivity index (χ4v) is 2.76. The summed E-state index contributed by atoms with van der Waals surface area (Å²) in [5.41, 5.74) is 0.598. The second-order valence-corrected chi connectivity index (χ2v) is 6.31. The van der Waals surface area contributed by atoms with Gasteiger partial charge < -0.3 is 19.5 Å². The van der Waals surface area contributed by atoms with Crippen molar-refractivity contribution in [1.29, 1.82) is 0 Å². The molecule has 0 fully saturated rings. The standard InChI is InChI=1S/C18H15Cl2NO5/c1-10(17(22)21-14-5-3-2-4-12(14)19)26-18(23)11-8-13(20)16-15(9-11)24-6-7-25-16/h2-5,8-10H,6-7H2,1H3,(H,21,22)/t10-/m0/s1. The maximum atomic E-state index is 12.3. The van der Waals surface area contributed by atoms with Crippen molar-refractivity contribution in [3.63, 3.8) is 0 Å². The van der Waals surface area contributed by atoms with E-state index in [-0.39, 0.29) is 10.6 Å². The Kier molecular flexibility index (Phi) is 5.54. The van der Waals surface area contributed by atoms with Crippen molar-refractivity contribution in [3.8, 4) is 11.5 Å². The van der Waals surface area contributed by atoms with Gasteiger partial charge in [0.2, 0.25) is 0 Å². The lowest BCUT2D eigenvalue weighted by Crippen LogP contribution is -2.30. The molecule has 0 spiro atoms. The number of carbonyl (C=O) groups excluding carboxylic acids is 2. The highest BCUT2D eigenvalue weighted by Gasteiger charge is 2.23. The third-order valence-electron chi connectivity index (χ3n) is 3.62. The van der Waals surface area contributed by atoms with E-state index in [2.05, 4.69) is 5.32 Å². The van der Waals surface area contributed by atoms with Crippen molar-refractivity contribution in [1.82, 2.24) is 0 Å². The van der Waals surface area contributed by atoms with Gasteiger partial charge in [-0.15, -0.1) is 0 Å². The largest absolute Gasteiger partial charge is 0.486 e. The van der Waals surface area contributed by atoms with Crippen molar-refractivity contribution < 1.29 is 23.8 Å². The van der Waals surface area contributed by atoms with Crippen LogP contribution in [0.3, 0.4) is 0 Å². The van der Waals surface area contributed by atoms with Gasteiger partial charge in [0.25, 0.3) is 5.91 Å². The summed E-state index contributed by atoms with van der Waals surface area (Å²) < 4.78 is 16.0. The van der Waals surface area contributed by atoms with Gasteiger partial charge in [0, 0.05) is 0 Å². The number of nitrogens with one attached hydrogen (secondary N) is 1. The van der Waals surface area contributed by atoms with E-state index in [1.807, 2.05) is 0 Å². The number of ether oxygens (including phenoxy) is 3. The van der Waals surface area contributed by atoms with Crippen LogP contribution in [0.2, 0.25) is 10.0 Å². The molecule has 0 saturated carbocycles. The van der Waals surface area contributed by atoms with E-state index in [1.165, 1.54) is 19.1 Å². The molecule has 2 aromatic rings. The van der Waals surface area contributed by atoms with Crippen molar-refractivity contribution in [2.45, 2.75) is 13.0 Å². The van der Waals surface area contributed by atoms with Gasteiger partial charge in [0.05, 0.1) is 21.3 Å². The van der Waals surface area contributed by atoms with Gasteiger partial charge in [0.1, 0.15) is 13.2 Å². The molecule has 1 heterocycles. The molecule has 1 aliphatic rings. The molecule has 0 aliphatic carbocycles. The molecule has 0 unspecified atom stereocenters. The Morgan fingerprint density at radius 2 is 1.85 bits per heavy atom. The van der Waals surface area contributed by atoms with Gasteiger partial charge >= 0.3 is 5.97 Å². The number of halogens is 2. The monoisotopic (exact) mass is 395 g/mol. The molecular weight excluding hydrogens is 381 g/mol. The Morgan fingerprint density at radius 3 is 2.62 bits per heavy atom. The Hall–Kier alpha value is -2.44. The smallest absolute Gasteiger partial charge is 0.339 e. The van der Waals surface area contributed by atoms with Crippen LogP contribution in [0.5, 0.6) is 11.5 Å². The molecule has 136 valence electrons. The summed E-state index contributed by atoms with van der Waals surface area (Å²) >= 11 is 12.1. The number of hydrogen-bond acceptors (Lipinski definition) is 5. The number of para-hydroxylation sites is 1. The highest BCUT2D eigenvalue weighted by atomic mass is 35.5. The molecule has 0 saturated heterocycles. The fraction of sp³-hybridized carbons (Fsp3) is 0.222. The zero-order chi connectivity index (χ0) is 18.7. The Bertz CT molecular complexity index is 855. The summed E-state index contributed by atoms with van der Waals surface area (Å²) in [6.07, 6.45) is -1.04. The number of fused-ring (bicyclic) bond motifs is 1. The van der Waals surface area contributed by atoms with Gasteiger partial charge in [-0.1, -0.05) is 35.3 Å². The van der Waals surface area contributed by atoms with Gasteiger partial charge in [-0.25, -0.2) is 4.79 Å². The molecular formula is C18H15Cl2NO5. The predicted octanol–water partition coefficient (Wildman–Crippen LogP) is 3.95. The average molecular weight is 396 g/mol. The first-order chi connectivity index (χ1) is 12.5. The first kappa shape index (κ1) is 18.4. The van der Waals surface area contributed by atoms with Gasteiger partial charge in [0.15, 0.2) is 17.6 Å². The number of hydrogen-bond donors (Lipinski definition) is 1. The minimum atomic E-state index is -1.04. The third-order valence-corrected chi connectivity index (χ3v) is 4.23. The maximum absolute atomic E-state index is 12.3. The highest BCUT2D eigenvalue weighted by molar-refractivity contribution is 6.33. The van der Waals surface area contributed by atoms with Crippen molar-refractivity contribution >= 4 is 40.8 Å². The van der Waals surface area contributed by atoms with Crippen LogP contribution in [-0.4, -0.2) is 31.2 Å². The molecule has 0 bridgehead atoms. The molecule has 1 amide bonds. The average Bonchev–Trinajstić information content (AvgIpc) is 2.63. The van der Waals surface area contributed by atoms with E-state index in [0.29, 0.717) is 35.4 Å². The third kappa shape index (κ3) is 4.03. The molecule has 0 radical (unpaired) electrons. The van der Waals surface area contributed by atoms with E-state index in [1.54, 1.807) is 24.3 Å². The van der Waals surface area contributed by atoms with Crippen LogP contribution in [0.4, 0.5) is 5.69 Å². The Balaban J connectivity index is 1.68. The molecule has 6 nitrogen and oxygen atoms in total. The van der Waals surface area contributed by atoms with Crippen molar-refractivity contribution in [2.75, 3.05) is 18.5 Å². The number of anilines is 1. The van der Waals surface area contributed by atoms with E-state index < -0.39 is 18.0 Å². The highest BCUT2D eigenvalue weighted by Crippen LogP contribution is 2.38. The Morgan fingerprint density at radius 1 is 1.12 bits per heavy atom. The molecule has 26 heavy (non-hydrogen) atoms. The van der Waals surface area contributed by atoms with Gasteiger partial charge in [-0.2, -0.15) is 0 Å². The summed E-state index contributed by atoms with van der Waals surface area (Å²) in [7, 11) is 0. The van der Waals surface area contributed by atoms with Crippen molar-refractivity contribution in [2.24, 2.45) is 0 Å². The van der Waals surface area contributed by atoms with Crippen LogP contribution in [0.15, 0.2) is 36.4 Å². The second kappa shape index (κ2) is 7.85. The van der Waals surface area contributed by atoms with E-state index in [4.69, 9.17) is 37.4 Å². The molecule has 8 heteroatoms. The van der Waals surface area contributed by atoms with Crippen LogP contribution in [-0.2, 0) is 9.53 Å². The molecule has 1 N–H and O–H groups in total. The molecule has 2 aromatic carbocycles. The topological polar surface area (TPSA) is 73.9 Å². The quantitative estimate of drug-likeness (QED) is 0.793. The summed E-state index contributed by atoms with van der Waals surface area (Å²) in [6.45, 7) is 2.21. The minimum Gasteiger partial charge on any atom is -0.486 e. The molecule has 1 atom stereocenters. The summed E-state index contributed by atoms with van der Waals surface area (Å²) in [5, 5.41) is 3.23. The summed E-state index contributed by atoms with van der Waals surface area (Å²) in [6, 6.07) is 9.65. The van der Waals surface area contributed by atoms with Gasteiger partial charge in [-0.05, 0) is 31.2 Å². The zero-order valence-corrected chi connectivity index (χ0v) is 15.3. The molecule has 0 aromatic heterocycles. The number of esters is 1. The van der Waals surface area contributed by atoms with Crippen LogP contribution < -0.4 is 14.8 Å². The SMILES string of the molecule is C[C@H](OC(=O)c1cc(Cl)c2c(c1)OCCO2)C(=O)Nc1ccccc1Cl. The second-order valence-electron chi connectivity index (χ2n) is 5.50. The van der Waals surface area contributed by atoms with Crippen LogP contribution in [0.25, 0.3) is 0 Å². The minimum absolute atomic E-state index is 0.164. The first-order valence-electron chi connectivity index (χ1n) is 7.81. The Labute approximate surface area is 159 Å². The van der Waals surface area contributed by atoms with Crippen LogP contribution in [0, 0.1) is 0 Å². The number of amides is 1. The number of rotatable bonds is 4. The molecule has 1 aliphatic heterocycles. The zero-order valence-electron chi connectivity index (χ0n) is 13.8. The van der Waals surface area contributed by atoms with Crippen molar-refractivity contribution in [3.05, 3.63) is 52.0 Å². The van der Waals surface area contributed by atoms with Crippen LogP contribution >= 0.6 is 23.2 Å². The lowest BCUT2D eigenvalue weighted by Gasteiger charge is -2.20. The van der Waals surface area contributed by atoms with E-state index in [0.717, 1.165) is 0 Å². The number of benzene rings is 2. The summed E-state index contributed by atoms with van der Waals surface area (Å²) in [4.78, 5) is 24.5. The lowest BCUT2D eigenvalue weighted by atomic mass is 10.2. The number of carbonyl (C=O) groups is 2. The first-order valence-corrected chi connectivity index (χ1v) is 8.57. The lowest BCUT2D eigenvalue weighted by molar-refractivity contribution is -0.123. The van der Waals surface area contributed by atoms with E-state index >= 15 is 0 Å². The predicted molar refractivity (Wildman–Crippen MR) is 97.4 cm³/mol. The van der Waals surface area contributed by atoms with E-state index in [9.17, 15) is 9.59 Å². The van der Waals surface area contributed by atoms with Gasteiger partial charge in [-0.3, -0.25) is 4.79 Å². The van der Waals surface area contributed by atoms with Crippen LogP contribution in [0.1, 0.15) is 17.3 Å².